The lowest BCUT2D eigenvalue weighted by atomic mass is 10.0. The van der Waals surface area contributed by atoms with Crippen molar-refractivity contribution in [2.24, 2.45) is 0 Å². The van der Waals surface area contributed by atoms with Crippen LogP contribution in [0.1, 0.15) is 33.3 Å². The van der Waals surface area contributed by atoms with Crippen molar-refractivity contribution in [3.05, 3.63) is 69.1 Å². The second-order valence-corrected chi connectivity index (χ2v) is 5.86. The van der Waals surface area contributed by atoms with Crippen LogP contribution in [0, 0.1) is 13.8 Å². The van der Waals surface area contributed by atoms with Crippen LogP contribution in [-0.4, -0.2) is 35.5 Å². The van der Waals surface area contributed by atoms with Crippen molar-refractivity contribution in [1.82, 2.24) is 9.88 Å². The second kappa shape index (κ2) is 6.38. The Morgan fingerprint density at radius 1 is 1.30 bits per heavy atom. The van der Waals surface area contributed by atoms with E-state index in [0.717, 1.165) is 16.8 Å². The van der Waals surface area contributed by atoms with Crippen molar-refractivity contribution < 1.29 is 9.53 Å². The standard InChI is InChI=1S/C18H20N2O3/c1-12-5-3-4-6-14(12)17-11-20(7-8-23-17)18(22)15-10-19-13(2)9-16(15)21/h3-6,9-10,17H,7-8,11H2,1-2H3,(H,19,21). The Balaban J connectivity index is 1.82. The van der Waals surface area contributed by atoms with Crippen molar-refractivity contribution >= 4 is 5.91 Å². The maximum Gasteiger partial charge on any atom is 0.259 e. The predicted octanol–water partition coefficient (Wildman–Crippen LogP) is 2.21. The fourth-order valence-electron chi connectivity index (χ4n) is 2.88. The van der Waals surface area contributed by atoms with Crippen LogP contribution in [0.2, 0.25) is 0 Å². The zero-order valence-corrected chi connectivity index (χ0v) is 13.3. The Morgan fingerprint density at radius 2 is 2.09 bits per heavy atom. The van der Waals surface area contributed by atoms with Gasteiger partial charge < -0.3 is 14.6 Å². The van der Waals surface area contributed by atoms with Gasteiger partial charge in [0.1, 0.15) is 11.7 Å². The highest BCUT2D eigenvalue weighted by Gasteiger charge is 2.27. The average molecular weight is 312 g/mol. The van der Waals surface area contributed by atoms with E-state index in [2.05, 4.69) is 4.98 Å². The molecule has 1 atom stereocenters. The summed E-state index contributed by atoms with van der Waals surface area (Å²) >= 11 is 0. The zero-order valence-electron chi connectivity index (χ0n) is 13.3. The van der Waals surface area contributed by atoms with Gasteiger partial charge in [0.2, 0.25) is 0 Å². The molecule has 0 spiro atoms. The second-order valence-electron chi connectivity index (χ2n) is 5.86. The molecule has 1 N–H and O–H groups in total. The van der Waals surface area contributed by atoms with Crippen LogP contribution in [0.5, 0.6) is 0 Å². The molecule has 5 heteroatoms. The highest BCUT2D eigenvalue weighted by Crippen LogP contribution is 2.25. The van der Waals surface area contributed by atoms with Crippen LogP contribution in [0.4, 0.5) is 0 Å². The lowest BCUT2D eigenvalue weighted by Crippen LogP contribution is -2.43. The molecule has 2 aromatic rings. The summed E-state index contributed by atoms with van der Waals surface area (Å²) in [4.78, 5) is 29.3. The summed E-state index contributed by atoms with van der Waals surface area (Å²) in [5.41, 5.74) is 2.90. The van der Waals surface area contributed by atoms with Gasteiger partial charge in [0.15, 0.2) is 5.43 Å². The summed E-state index contributed by atoms with van der Waals surface area (Å²) in [6, 6.07) is 9.46. The number of aromatic nitrogens is 1. The number of rotatable bonds is 2. The van der Waals surface area contributed by atoms with Gasteiger partial charge in [-0.25, -0.2) is 0 Å². The molecule has 2 heterocycles. The first kappa shape index (κ1) is 15.5. The molecule has 0 bridgehead atoms. The topological polar surface area (TPSA) is 62.4 Å². The molecule has 0 radical (unpaired) electrons. The molecule has 120 valence electrons. The molecule has 5 nitrogen and oxygen atoms in total. The Bertz CT molecular complexity index is 782. The van der Waals surface area contributed by atoms with Crippen LogP contribution < -0.4 is 5.43 Å². The summed E-state index contributed by atoms with van der Waals surface area (Å²) in [5, 5.41) is 0. The number of carbonyl (C=O) groups excluding carboxylic acids is 1. The number of pyridine rings is 1. The molecule has 1 fully saturated rings. The van der Waals surface area contributed by atoms with Crippen LogP contribution in [-0.2, 0) is 4.74 Å². The van der Waals surface area contributed by atoms with Gasteiger partial charge in [-0.1, -0.05) is 24.3 Å². The fraction of sp³-hybridized carbons (Fsp3) is 0.333. The van der Waals surface area contributed by atoms with Gasteiger partial charge in [0.05, 0.1) is 13.2 Å². The summed E-state index contributed by atoms with van der Waals surface area (Å²) in [6.45, 7) is 5.24. The smallest absolute Gasteiger partial charge is 0.259 e. The van der Waals surface area contributed by atoms with Crippen molar-refractivity contribution in [1.29, 1.82) is 0 Å². The molecule has 3 rings (SSSR count). The van der Waals surface area contributed by atoms with E-state index in [9.17, 15) is 9.59 Å². The molecular formula is C18H20N2O3. The Kier molecular flexibility index (Phi) is 4.30. The van der Waals surface area contributed by atoms with Gasteiger partial charge in [-0.05, 0) is 25.0 Å². The van der Waals surface area contributed by atoms with E-state index in [1.807, 2.05) is 31.2 Å². The number of nitrogens with zero attached hydrogens (tertiary/aromatic N) is 1. The molecule has 1 aliphatic heterocycles. The van der Waals surface area contributed by atoms with Crippen LogP contribution >= 0.6 is 0 Å². The lowest BCUT2D eigenvalue weighted by molar-refractivity contribution is -0.0231. The molecule has 0 aliphatic carbocycles. The lowest BCUT2D eigenvalue weighted by Gasteiger charge is -2.33. The average Bonchev–Trinajstić information content (AvgIpc) is 2.55. The predicted molar refractivity (Wildman–Crippen MR) is 87.6 cm³/mol. The number of aryl methyl sites for hydroxylation is 2. The number of carbonyl (C=O) groups is 1. The van der Waals surface area contributed by atoms with E-state index < -0.39 is 0 Å². The summed E-state index contributed by atoms with van der Waals surface area (Å²) < 4.78 is 5.83. The minimum Gasteiger partial charge on any atom is -0.370 e. The molecule has 1 aromatic carbocycles. The number of ether oxygens (including phenoxy) is 1. The Morgan fingerprint density at radius 3 is 2.83 bits per heavy atom. The number of aromatic amines is 1. The first-order valence-corrected chi connectivity index (χ1v) is 7.72. The van der Waals surface area contributed by atoms with Crippen LogP contribution in [0.25, 0.3) is 0 Å². The molecule has 1 amide bonds. The molecule has 23 heavy (non-hydrogen) atoms. The van der Waals surface area contributed by atoms with E-state index >= 15 is 0 Å². The fourth-order valence-corrected chi connectivity index (χ4v) is 2.88. The highest BCUT2D eigenvalue weighted by atomic mass is 16.5. The Labute approximate surface area is 134 Å². The zero-order chi connectivity index (χ0) is 16.4. The van der Waals surface area contributed by atoms with Crippen molar-refractivity contribution in [2.75, 3.05) is 19.7 Å². The number of nitrogens with one attached hydrogen (secondary N) is 1. The number of benzene rings is 1. The number of morpholine rings is 1. The van der Waals surface area contributed by atoms with Crippen LogP contribution in [0.3, 0.4) is 0 Å². The molecule has 0 saturated carbocycles. The molecule has 1 aromatic heterocycles. The van der Waals surface area contributed by atoms with Crippen LogP contribution in [0.15, 0.2) is 41.3 Å². The third-order valence-corrected chi connectivity index (χ3v) is 4.18. The van der Waals surface area contributed by atoms with Crippen molar-refractivity contribution in [2.45, 2.75) is 20.0 Å². The van der Waals surface area contributed by atoms with Gasteiger partial charge in [-0.2, -0.15) is 0 Å². The van der Waals surface area contributed by atoms with E-state index in [4.69, 9.17) is 4.74 Å². The Hall–Kier alpha value is -2.40. The number of hydrogen-bond donors (Lipinski definition) is 1. The summed E-state index contributed by atoms with van der Waals surface area (Å²) in [6.07, 6.45) is 1.34. The molecule has 1 aliphatic rings. The number of H-pyrrole nitrogens is 1. The number of hydrogen-bond acceptors (Lipinski definition) is 3. The van der Waals surface area contributed by atoms with E-state index in [1.165, 1.54) is 12.3 Å². The van der Waals surface area contributed by atoms with E-state index in [1.54, 1.807) is 11.8 Å². The summed E-state index contributed by atoms with van der Waals surface area (Å²) in [5.74, 6) is -0.242. The summed E-state index contributed by atoms with van der Waals surface area (Å²) in [7, 11) is 0. The largest absolute Gasteiger partial charge is 0.370 e. The minimum absolute atomic E-state index is 0.154. The van der Waals surface area contributed by atoms with E-state index in [-0.39, 0.29) is 23.0 Å². The van der Waals surface area contributed by atoms with Gasteiger partial charge in [0, 0.05) is 24.5 Å². The third kappa shape index (κ3) is 3.19. The quantitative estimate of drug-likeness (QED) is 0.925. The van der Waals surface area contributed by atoms with Gasteiger partial charge >= 0.3 is 0 Å². The SMILES string of the molecule is Cc1cc(=O)c(C(=O)N2CCOC(c3ccccc3C)C2)c[nH]1. The first-order valence-electron chi connectivity index (χ1n) is 7.72. The molecule has 1 unspecified atom stereocenters. The molecular weight excluding hydrogens is 292 g/mol. The molecule has 1 saturated heterocycles. The maximum absolute atomic E-state index is 12.6. The van der Waals surface area contributed by atoms with Gasteiger partial charge in [-0.15, -0.1) is 0 Å². The van der Waals surface area contributed by atoms with Crippen molar-refractivity contribution in [3.63, 3.8) is 0 Å². The van der Waals surface area contributed by atoms with Gasteiger partial charge in [0.25, 0.3) is 5.91 Å². The van der Waals surface area contributed by atoms with Gasteiger partial charge in [-0.3, -0.25) is 9.59 Å². The highest BCUT2D eigenvalue weighted by molar-refractivity contribution is 5.93. The number of amides is 1. The monoisotopic (exact) mass is 312 g/mol. The maximum atomic E-state index is 12.6. The third-order valence-electron chi connectivity index (χ3n) is 4.18. The minimum atomic E-state index is -0.245. The first-order chi connectivity index (χ1) is 11.1. The normalized spacial score (nSPS) is 18.0. The van der Waals surface area contributed by atoms with Crippen molar-refractivity contribution in [3.8, 4) is 0 Å². The van der Waals surface area contributed by atoms with E-state index in [0.29, 0.717) is 19.7 Å².